The van der Waals surface area contributed by atoms with Crippen molar-refractivity contribution >= 4 is 34.3 Å². The molecule has 8 heteroatoms. The van der Waals surface area contributed by atoms with Crippen molar-refractivity contribution in [3.8, 4) is 5.75 Å². The van der Waals surface area contributed by atoms with Gasteiger partial charge in [-0.3, -0.25) is 4.79 Å². The summed E-state index contributed by atoms with van der Waals surface area (Å²) in [6.45, 7) is 0. The molecule has 0 aliphatic carbocycles. The van der Waals surface area contributed by atoms with Gasteiger partial charge in [0.1, 0.15) is 11.3 Å². The van der Waals surface area contributed by atoms with E-state index in [0.717, 1.165) is 0 Å². The number of hydrogen-bond donors (Lipinski definition) is 2. The molecule has 0 spiro atoms. The Morgan fingerprint density at radius 3 is 2.68 bits per heavy atom. The number of fused-ring (bicyclic) bond motifs is 1. The average molecular weight is 318 g/mol. The number of anilines is 1. The fourth-order valence-electron chi connectivity index (χ4n) is 1.90. The zero-order chi connectivity index (χ0) is 15.7. The van der Waals surface area contributed by atoms with Gasteiger partial charge >= 0.3 is 5.63 Å². The number of amides is 1. The minimum absolute atomic E-state index is 0.0846. The van der Waals surface area contributed by atoms with Crippen molar-refractivity contribution in [2.75, 3.05) is 5.32 Å². The van der Waals surface area contributed by atoms with Crippen LogP contribution in [0.2, 0.25) is 5.15 Å². The molecule has 3 rings (SSSR count). The van der Waals surface area contributed by atoms with Gasteiger partial charge in [-0.1, -0.05) is 23.7 Å². The van der Waals surface area contributed by atoms with Crippen LogP contribution in [-0.2, 0) is 0 Å². The van der Waals surface area contributed by atoms with E-state index in [9.17, 15) is 14.7 Å². The second kappa shape index (κ2) is 5.45. The van der Waals surface area contributed by atoms with Crippen molar-refractivity contribution in [3.05, 3.63) is 57.5 Å². The van der Waals surface area contributed by atoms with E-state index in [1.165, 1.54) is 24.3 Å². The van der Waals surface area contributed by atoms with Crippen LogP contribution in [0.1, 0.15) is 10.4 Å². The van der Waals surface area contributed by atoms with Crippen LogP contribution in [0.3, 0.4) is 0 Å². The van der Waals surface area contributed by atoms with E-state index >= 15 is 0 Å². The summed E-state index contributed by atoms with van der Waals surface area (Å²) in [6.07, 6.45) is 0. The predicted molar refractivity (Wildman–Crippen MR) is 79.1 cm³/mol. The molecule has 0 atom stereocenters. The normalized spacial score (nSPS) is 10.6. The average Bonchev–Trinajstić information content (AvgIpc) is 2.49. The third-order valence-electron chi connectivity index (χ3n) is 2.89. The van der Waals surface area contributed by atoms with Gasteiger partial charge in [-0.25, -0.2) is 4.79 Å². The highest BCUT2D eigenvalue weighted by atomic mass is 35.5. The first-order valence-electron chi connectivity index (χ1n) is 6.11. The summed E-state index contributed by atoms with van der Waals surface area (Å²) in [5.41, 5.74) is -1.26. The smallest absolute Gasteiger partial charge is 0.353 e. The molecule has 0 bridgehead atoms. The molecule has 22 heavy (non-hydrogen) atoms. The molecule has 0 saturated carbocycles. The lowest BCUT2D eigenvalue weighted by Crippen LogP contribution is -2.21. The van der Waals surface area contributed by atoms with Crippen LogP contribution in [0.4, 0.5) is 5.82 Å². The van der Waals surface area contributed by atoms with Crippen LogP contribution >= 0.6 is 11.6 Å². The van der Waals surface area contributed by atoms with Crippen LogP contribution in [0, 0.1) is 0 Å². The van der Waals surface area contributed by atoms with Gasteiger partial charge in [0, 0.05) is 0 Å². The number of para-hydroxylation sites is 1. The molecule has 0 aliphatic heterocycles. The van der Waals surface area contributed by atoms with Crippen molar-refractivity contribution in [2.24, 2.45) is 0 Å². The Labute approximate surface area is 128 Å². The zero-order valence-electron chi connectivity index (χ0n) is 10.9. The fourth-order valence-corrected chi connectivity index (χ4v) is 2.00. The third kappa shape index (κ3) is 2.49. The van der Waals surface area contributed by atoms with Crippen molar-refractivity contribution in [2.45, 2.75) is 0 Å². The summed E-state index contributed by atoms with van der Waals surface area (Å²) in [7, 11) is 0. The largest absolute Gasteiger partial charge is 0.506 e. The van der Waals surface area contributed by atoms with Crippen LogP contribution in [0.25, 0.3) is 11.0 Å². The van der Waals surface area contributed by atoms with E-state index in [0.29, 0.717) is 0 Å². The maximum absolute atomic E-state index is 12.2. The molecule has 2 heterocycles. The number of nitrogens with one attached hydrogen (secondary N) is 1. The number of rotatable bonds is 2. The van der Waals surface area contributed by atoms with Gasteiger partial charge in [0.05, 0.1) is 5.39 Å². The highest BCUT2D eigenvalue weighted by Crippen LogP contribution is 2.26. The highest BCUT2D eigenvalue weighted by molar-refractivity contribution is 6.29. The van der Waals surface area contributed by atoms with Crippen molar-refractivity contribution in [1.82, 2.24) is 10.2 Å². The van der Waals surface area contributed by atoms with Crippen LogP contribution < -0.4 is 10.9 Å². The minimum Gasteiger partial charge on any atom is -0.506 e. The summed E-state index contributed by atoms with van der Waals surface area (Å²) in [6, 6.07) is 9.18. The number of nitrogens with zero attached hydrogens (tertiary/aromatic N) is 2. The Kier molecular flexibility index (Phi) is 3.48. The molecule has 0 aliphatic rings. The number of benzene rings is 1. The number of hydrogen-bond acceptors (Lipinski definition) is 6. The molecule has 1 aromatic carbocycles. The van der Waals surface area contributed by atoms with Gasteiger partial charge in [0.2, 0.25) is 0 Å². The number of halogens is 1. The molecule has 0 unspecified atom stereocenters. The molecule has 2 N–H and O–H groups in total. The maximum atomic E-state index is 12.2. The first-order chi connectivity index (χ1) is 10.6. The number of aromatic hydroxyl groups is 1. The number of aromatic nitrogens is 2. The highest BCUT2D eigenvalue weighted by Gasteiger charge is 2.21. The van der Waals surface area contributed by atoms with Gasteiger partial charge in [0.25, 0.3) is 5.91 Å². The predicted octanol–water partition coefficient (Wildman–Crippen LogP) is 2.19. The zero-order valence-corrected chi connectivity index (χ0v) is 11.7. The Morgan fingerprint density at radius 2 is 1.95 bits per heavy atom. The number of carbonyl (C=O) groups excluding carboxylic acids is 1. The summed E-state index contributed by atoms with van der Waals surface area (Å²) >= 11 is 5.59. The monoisotopic (exact) mass is 317 g/mol. The van der Waals surface area contributed by atoms with E-state index in [2.05, 4.69) is 15.5 Å². The Balaban J connectivity index is 2.04. The molecule has 7 nitrogen and oxygen atoms in total. The van der Waals surface area contributed by atoms with Crippen molar-refractivity contribution < 1.29 is 14.3 Å². The van der Waals surface area contributed by atoms with Gasteiger partial charge in [0.15, 0.2) is 16.5 Å². The molecular formula is C14H8ClN3O4. The van der Waals surface area contributed by atoms with Crippen molar-refractivity contribution in [1.29, 1.82) is 0 Å². The molecule has 1 amide bonds. The fraction of sp³-hybridized carbons (Fsp3) is 0. The standard InChI is InChI=1S/C14H8ClN3O4/c15-9-5-6-10(18-17-9)16-13(20)11-12(19)7-3-1-2-4-8(7)22-14(11)21/h1-6,19H,(H,16,18,20). The Morgan fingerprint density at radius 1 is 1.18 bits per heavy atom. The van der Waals surface area contributed by atoms with E-state index < -0.39 is 22.8 Å². The van der Waals surface area contributed by atoms with E-state index in [-0.39, 0.29) is 21.9 Å². The molecule has 3 aromatic rings. The van der Waals surface area contributed by atoms with Crippen LogP contribution in [0.5, 0.6) is 5.75 Å². The summed E-state index contributed by atoms with van der Waals surface area (Å²) in [4.78, 5) is 24.0. The first kappa shape index (κ1) is 14.0. The van der Waals surface area contributed by atoms with Crippen LogP contribution in [-0.4, -0.2) is 21.2 Å². The van der Waals surface area contributed by atoms with Gasteiger partial charge in [-0.2, -0.15) is 0 Å². The second-order valence-corrected chi connectivity index (χ2v) is 4.69. The first-order valence-corrected chi connectivity index (χ1v) is 6.49. The second-order valence-electron chi connectivity index (χ2n) is 4.30. The lowest BCUT2D eigenvalue weighted by Gasteiger charge is -2.06. The van der Waals surface area contributed by atoms with Gasteiger partial charge < -0.3 is 14.8 Å². The minimum atomic E-state index is -0.948. The third-order valence-corrected chi connectivity index (χ3v) is 3.09. The quantitative estimate of drug-likeness (QED) is 0.702. The van der Waals surface area contributed by atoms with E-state index in [4.69, 9.17) is 16.0 Å². The Bertz CT molecular complexity index is 922. The lowest BCUT2D eigenvalue weighted by molar-refractivity contribution is 0.102. The lowest BCUT2D eigenvalue weighted by atomic mass is 10.1. The molecule has 110 valence electrons. The Hall–Kier alpha value is -2.93. The topological polar surface area (TPSA) is 105 Å². The molecular weight excluding hydrogens is 310 g/mol. The molecule has 0 fully saturated rings. The molecule has 0 saturated heterocycles. The van der Waals surface area contributed by atoms with Crippen LogP contribution in [0.15, 0.2) is 45.6 Å². The maximum Gasteiger partial charge on any atom is 0.353 e. The SMILES string of the molecule is O=C(Nc1ccc(Cl)nn1)c1c(O)c2ccccc2oc1=O. The van der Waals surface area contributed by atoms with E-state index in [1.807, 2.05) is 0 Å². The summed E-state index contributed by atoms with van der Waals surface area (Å²) in [5.74, 6) is -1.22. The summed E-state index contributed by atoms with van der Waals surface area (Å²) < 4.78 is 5.02. The number of carbonyl (C=O) groups is 1. The van der Waals surface area contributed by atoms with Crippen molar-refractivity contribution in [3.63, 3.8) is 0 Å². The molecule has 2 aromatic heterocycles. The molecule has 0 radical (unpaired) electrons. The van der Waals surface area contributed by atoms with Gasteiger partial charge in [-0.15, -0.1) is 10.2 Å². The summed E-state index contributed by atoms with van der Waals surface area (Å²) in [5, 5.41) is 20.1. The van der Waals surface area contributed by atoms with E-state index in [1.54, 1.807) is 12.1 Å². The van der Waals surface area contributed by atoms with Gasteiger partial charge in [-0.05, 0) is 24.3 Å².